The summed E-state index contributed by atoms with van der Waals surface area (Å²) in [5, 5.41) is 16.7. The summed E-state index contributed by atoms with van der Waals surface area (Å²) in [7, 11) is 1.42. The molecule has 34 heavy (non-hydrogen) atoms. The highest BCUT2D eigenvalue weighted by molar-refractivity contribution is 5.96. The van der Waals surface area contributed by atoms with E-state index in [2.05, 4.69) is 15.5 Å². The van der Waals surface area contributed by atoms with Crippen molar-refractivity contribution in [3.63, 3.8) is 0 Å². The van der Waals surface area contributed by atoms with Crippen molar-refractivity contribution in [1.29, 1.82) is 0 Å². The number of rotatable bonds is 7. The Labute approximate surface area is 199 Å². The van der Waals surface area contributed by atoms with Gasteiger partial charge in [-0.05, 0) is 62.4 Å². The van der Waals surface area contributed by atoms with Crippen LogP contribution in [0.4, 0.5) is 4.39 Å². The fraction of sp³-hybridized carbons (Fsp3) is 0.462. The zero-order chi connectivity index (χ0) is 24.3. The van der Waals surface area contributed by atoms with E-state index >= 15 is 0 Å². The number of amides is 2. The van der Waals surface area contributed by atoms with Crippen LogP contribution in [0.2, 0.25) is 0 Å². The average Bonchev–Trinajstić information content (AvgIpc) is 2.80. The molecular weight excluding hydrogens is 437 g/mol. The third kappa shape index (κ3) is 5.39. The van der Waals surface area contributed by atoms with Gasteiger partial charge in [0.25, 0.3) is 5.91 Å². The van der Waals surface area contributed by atoms with Gasteiger partial charge in [0.2, 0.25) is 5.91 Å². The molecule has 2 fully saturated rings. The van der Waals surface area contributed by atoms with Crippen LogP contribution in [0, 0.1) is 12.7 Å². The van der Waals surface area contributed by atoms with E-state index < -0.39 is 11.4 Å². The number of benzene rings is 2. The number of halogens is 1. The molecule has 2 amide bonds. The summed E-state index contributed by atoms with van der Waals surface area (Å²) in [5.41, 5.74) is 1.09. The number of methoxy groups -OCH3 is 1. The molecule has 1 aliphatic carbocycles. The Morgan fingerprint density at radius 2 is 1.91 bits per heavy atom. The van der Waals surface area contributed by atoms with Gasteiger partial charge in [0.15, 0.2) is 11.6 Å². The first-order valence-electron chi connectivity index (χ1n) is 11.7. The molecule has 1 saturated carbocycles. The van der Waals surface area contributed by atoms with Gasteiger partial charge in [0.05, 0.1) is 25.3 Å². The van der Waals surface area contributed by atoms with E-state index in [1.807, 2.05) is 19.1 Å². The molecule has 2 aromatic carbocycles. The number of carbonyl (C=O) groups excluding carboxylic acids is 2. The highest BCUT2D eigenvalue weighted by Gasteiger charge is 2.40. The predicted molar refractivity (Wildman–Crippen MR) is 126 cm³/mol. The molecule has 0 unspecified atom stereocenters. The maximum absolute atomic E-state index is 14.1. The van der Waals surface area contributed by atoms with Crippen LogP contribution >= 0.6 is 0 Å². The first-order valence-corrected chi connectivity index (χ1v) is 11.7. The summed E-state index contributed by atoms with van der Waals surface area (Å²) in [6, 6.07) is 12.3. The predicted octanol–water partition coefficient (Wildman–Crippen LogP) is 2.50. The molecule has 8 heteroatoms. The fourth-order valence-electron chi connectivity index (χ4n) is 4.92. The lowest BCUT2D eigenvalue weighted by Crippen LogP contribution is -2.63. The maximum atomic E-state index is 14.1. The van der Waals surface area contributed by atoms with E-state index in [-0.39, 0.29) is 30.2 Å². The second kappa shape index (κ2) is 10.1. The van der Waals surface area contributed by atoms with Gasteiger partial charge in [-0.15, -0.1) is 0 Å². The van der Waals surface area contributed by atoms with Crippen LogP contribution in [0.3, 0.4) is 0 Å². The summed E-state index contributed by atoms with van der Waals surface area (Å²) in [6.07, 6.45) is 2.72. The van der Waals surface area contributed by atoms with E-state index in [1.54, 1.807) is 24.3 Å². The van der Waals surface area contributed by atoms with E-state index in [0.29, 0.717) is 30.0 Å². The molecule has 182 valence electrons. The summed E-state index contributed by atoms with van der Waals surface area (Å²) in [5.74, 6) is -0.762. The summed E-state index contributed by atoms with van der Waals surface area (Å²) >= 11 is 0. The number of ether oxygens (including phenoxy) is 1. The van der Waals surface area contributed by atoms with Crippen molar-refractivity contribution < 1.29 is 23.8 Å². The number of likely N-dealkylation sites (tertiary alicyclic amines) is 1. The molecule has 1 saturated heterocycles. The fourth-order valence-corrected chi connectivity index (χ4v) is 4.92. The van der Waals surface area contributed by atoms with Crippen molar-refractivity contribution in [1.82, 2.24) is 15.5 Å². The minimum Gasteiger partial charge on any atom is -0.494 e. The van der Waals surface area contributed by atoms with Crippen LogP contribution < -0.4 is 15.4 Å². The van der Waals surface area contributed by atoms with Crippen molar-refractivity contribution in [2.75, 3.05) is 26.7 Å². The first kappa shape index (κ1) is 24.2. The number of aliphatic hydroxyl groups is 1. The van der Waals surface area contributed by atoms with Gasteiger partial charge in [-0.25, -0.2) is 4.39 Å². The summed E-state index contributed by atoms with van der Waals surface area (Å²) in [6.45, 7) is 3.35. The lowest BCUT2D eigenvalue weighted by Gasteiger charge is -2.48. The monoisotopic (exact) mass is 469 g/mol. The third-order valence-corrected chi connectivity index (χ3v) is 6.95. The van der Waals surface area contributed by atoms with Gasteiger partial charge in [-0.1, -0.05) is 23.8 Å². The Kier molecular flexibility index (Phi) is 7.19. The molecule has 0 atom stereocenters. The molecule has 2 aliphatic rings. The Morgan fingerprint density at radius 3 is 2.56 bits per heavy atom. The number of nitrogens with zero attached hydrogens (tertiary/aromatic N) is 1. The number of hydrogen-bond donors (Lipinski definition) is 3. The third-order valence-electron chi connectivity index (χ3n) is 6.95. The Morgan fingerprint density at radius 1 is 1.18 bits per heavy atom. The minimum absolute atomic E-state index is 0.0554. The van der Waals surface area contributed by atoms with Crippen molar-refractivity contribution in [3.8, 4) is 5.75 Å². The zero-order valence-electron chi connectivity index (χ0n) is 19.6. The molecule has 7 nitrogen and oxygen atoms in total. The quantitative estimate of drug-likeness (QED) is 0.580. The van der Waals surface area contributed by atoms with E-state index in [1.165, 1.54) is 13.2 Å². The van der Waals surface area contributed by atoms with Crippen molar-refractivity contribution in [2.45, 2.75) is 50.3 Å². The van der Waals surface area contributed by atoms with Gasteiger partial charge in [0.1, 0.15) is 0 Å². The van der Waals surface area contributed by atoms with Gasteiger partial charge in [-0.2, -0.15) is 0 Å². The molecule has 0 aromatic heterocycles. The molecule has 2 aromatic rings. The number of aryl methyl sites for hydroxylation is 1. The molecular formula is C26H32FN3O4. The van der Waals surface area contributed by atoms with Crippen LogP contribution in [0.5, 0.6) is 5.75 Å². The normalized spacial score (nSPS) is 23.1. The van der Waals surface area contributed by atoms with Crippen LogP contribution in [0.1, 0.15) is 47.2 Å². The Bertz CT molecular complexity index is 1050. The molecule has 1 aliphatic heterocycles. The van der Waals surface area contributed by atoms with Gasteiger partial charge in [0, 0.05) is 24.7 Å². The van der Waals surface area contributed by atoms with Crippen LogP contribution in [-0.2, 0) is 10.4 Å². The summed E-state index contributed by atoms with van der Waals surface area (Å²) in [4.78, 5) is 26.7. The van der Waals surface area contributed by atoms with Gasteiger partial charge in [-0.3, -0.25) is 14.5 Å². The first-order chi connectivity index (χ1) is 16.3. The lowest BCUT2D eigenvalue weighted by molar-refractivity contribution is -0.122. The average molecular weight is 470 g/mol. The Hall–Kier alpha value is -2.97. The lowest BCUT2D eigenvalue weighted by atomic mass is 9.76. The highest BCUT2D eigenvalue weighted by atomic mass is 19.1. The second-order valence-corrected chi connectivity index (χ2v) is 9.38. The van der Waals surface area contributed by atoms with Crippen LogP contribution in [0.25, 0.3) is 0 Å². The molecule has 0 bridgehead atoms. The molecule has 3 N–H and O–H groups in total. The standard InChI is InChI=1S/C26H32FN3O4/c1-17-4-3-5-18(12-17)25(32)28-14-24(31)29-20-15-30(16-20)21-8-10-26(33,11-9-21)19-6-7-23(34-2)22(27)13-19/h3-7,12-13,20-21,33H,8-11,14-16H2,1-2H3,(H,28,32)(H,29,31). The topological polar surface area (TPSA) is 90.9 Å². The zero-order valence-corrected chi connectivity index (χ0v) is 19.6. The van der Waals surface area contributed by atoms with E-state index in [0.717, 1.165) is 31.5 Å². The molecule has 1 heterocycles. The van der Waals surface area contributed by atoms with Crippen molar-refractivity contribution >= 4 is 11.8 Å². The molecule has 4 rings (SSSR count). The van der Waals surface area contributed by atoms with Gasteiger partial charge < -0.3 is 20.5 Å². The van der Waals surface area contributed by atoms with Crippen molar-refractivity contribution in [3.05, 3.63) is 65.0 Å². The van der Waals surface area contributed by atoms with Gasteiger partial charge >= 0.3 is 0 Å². The van der Waals surface area contributed by atoms with E-state index in [9.17, 15) is 19.1 Å². The van der Waals surface area contributed by atoms with Crippen molar-refractivity contribution in [2.24, 2.45) is 0 Å². The maximum Gasteiger partial charge on any atom is 0.251 e. The molecule has 0 spiro atoms. The number of nitrogens with one attached hydrogen (secondary N) is 2. The number of hydrogen-bond acceptors (Lipinski definition) is 5. The van der Waals surface area contributed by atoms with E-state index in [4.69, 9.17) is 4.74 Å². The van der Waals surface area contributed by atoms with Crippen LogP contribution in [-0.4, -0.2) is 60.6 Å². The number of carbonyl (C=O) groups is 2. The Balaban J connectivity index is 1.18. The second-order valence-electron chi connectivity index (χ2n) is 9.38. The SMILES string of the molecule is COc1ccc(C2(O)CCC(N3CC(NC(=O)CNC(=O)c4cccc(C)c4)C3)CC2)cc1F. The summed E-state index contributed by atoms with van der Waals surface area (Å²) < 4.78 is 19.1. The van der Waals surface area contributed by atoms with Crippen LogP contribution in [0.15, 0.2) is 42.5 Å². The highest BCUT2D eigenvalue weighted by Crippen LogP contribution is 2.40. The molecule has 0 radical (unpaired) electrons. The minimum atomic E-state index is -1.03. The largest absolute Gasteiger partial charge is 0.494 e. The smallest absolute Gasteiger partial charge is 0.251 e.